The van der Waals surface area contributed by atoms with Crippen LogP contribution in [0.3, 0.4) is 0 Å². The largest absolute Gasteiger partial charge is 0.482 e. The molecule has 1 amide bonds. The summed E-state index contributed by atoms with van der Waals surface area (Å²) in [5.41, 5.74) is 0.848. The van der Waals surface area contributed by atoms with E-state index >= 15 is 0 Å². The zero-order valence-corrected chi connectivity index (χ0v) is 13.8. The third-order valence-corrected chi connectivity index (χ3v) is 4.31. The fourth-order valence-electron chi connectivity index (χ4n) is 1.90. The summed E-state index contributed by atoms with van der Waals surface area (Å²) in [4.78, 5) is 23.4. The van der Waals surface area contributed by atoms with Gasteiger partial charge in [0.05, 0.1) is 5.02 Å². The van der Waals surface area contributed by atoms with Gasteiger partial charge in [-0.2, -0.15) is 0 Å². The summed E-state index contributed by atoms with van der Waals surface area (Å²) in [5.74, 6) is -0.615. The number of aryl methyl sites for hydroxylation is 1. The third kappa shape index (κ3) is 6.30. The van der Waals surface area contributed by atoms with Gasteiger partial charge in [-0.1, -0.05) is 23.7 Å². The Morgan fingerprint density at radius 1 is 1.30 bits per heavy atom. The van der Waals surface area contributed by atoms with E-state index in [9.17, 15) is 9.59 Å². The van der Waals surface area contributed by atoms with Crippen LogP contribution in [0.1, 0.15) is 16.9 Å². The number of thiophene rings is 1. The minimum Gasteiger partial charge on any atom is -0.482 e. The molecule has 2 aromatic rings. The molecule has 0 saturated heterocycles. The van der Waals surface area contributed by atoms with Crippen LogP contribution < -0.4 is 10.1 Å². The fraction of sp³-hybridized carbons (Fsp3) is 0.250. The summed E-state index contributed by atoms with van der Waals surface area (Å²) in [6.45, 7) is -0.0203. The minimum atomic E-state index is -1.03. The van der Waals surface area contributed by atoms with Gasteiger partial charge in [-0.25, -0.2) is 4.79 Å². The first-order valence-corrected chi connectivity index (χ1v) is 8.22. The van der Waals surface area contributed by atoms with Crippen LogP contribution in [0.4, 0.5) is 0 Å². The number of nitrogens with one attached hydrogen (secondary N) is 1. The lowest BCUT2D eigenvalue weighted by atomic mass is 10.2. The van der Waals surface area contributed by atoms with E-state index in [-0.39, 0.29) is 12.5 Å². The molecule has 0 radical (unpaired) electrons. The van der Waals surface area contributed by atoms with Gasteiger partial charge in [0.25, 0.3) is 0 Å². The number of carbonyl (C=O) groups is 2. The molecule has 1 aromatic heterocycles. The molecule has 0 unspecified atom stereocenters. The van der Waals surface area contributed by atoms with Crippen LogP contribution in [0.2, 0.25) is 5.02 Å². The van der Waals surface area contributed by atoms with E-state index in [0.717, 1.165) is 10.4 Å². The molecule has 1 heterocycles. The first-order valence-electron chi connectivity index (χ1n) is 6.96. The average molecular weight is 354 g/mol. The Hall–Kier alpha value is -2.05. The standard InChI is InChI=1S/C16H16ClNO4S/c17-12-7-14(23-10-12)4-5-15(19)18-8-11-2-1-3-13(6-11)22-9-16(20)21/h1-3,6-7,10H,4-5,8-9H2,(H,18,19)(H,20,21). The number of halogens is 1. The second-order valence-electron chi connectivity index (χ2n) is 4.84. The molecule has 0 aliphatic heterocycles. The van der Waals surface area contributed by atoms with Gasteiger partial charge in [-0.3, -0.25) is 4.79 Å². The van der Waals surface area contributed by atoms with Gasteiger partial charge in [0.1, 0.15) is 5.75 Å². The van der Waals surface area contributed by atoms with Crippen molar-refractivity contribution < 1.29 is 19.4 Å². The quantitative estimate of drug-likeness (QED) is 0.764. The highest BCUT2D eigenvalue weighted by atomic mass is 35.5. The van der Waals surface area contributed by atoms with Gasteiger partial charge in [-0.05, 0) is 30.2 Å². The molecule has 0 saturated carbocycles. The SMILES string of the molecule is O=C(O)COc1cccc(CNC(=O)CCc2cc(Cl)cs2)c1. The van der Waals surface area contributed by atoms with Crippen molar-refractivity contribution >= 4 is 34.8 Å². The second-order valence-corrected chi connectivity index (χ2v) is 6.27. The van der Waals surface area contributed by atoms with E-state index in [4.69, 9.17) is 21.4 Å². The highest BCUT2D eigenvalue weighted by Crippen LogP contribution is 2.20. The number of amides is 1. The van der Waals surface area contributed by atoms with Crippen molar-refractivity contribution in [1.29, 1.82) is 0 Å². The van der Waals surface area contributed by atoms with Crippen molar-refractivity contribution in [2.24, 2.45) is 0 Å². The number of carboxylic acids is 1. The molecule has 0 atom stereocenters. The van der Waals surface area contributed by atoms with E-state index in [0.29, 0.717) is 30.2 Å². The highest BCUT2D eigenvalue weighted by molar-refractivity contribution is 7.10. The first kappa shape index (κ1) is 17.3. The third-order valence-electron chi connectivity index (χ3n) is 2.97. The lowest BCUT2D eigenvalue weighted by Gasteiger charge is -2.07. The maximum atomic E-state index is 11.8. The Morgan fingerprint density at radius 3 is 2.83 bits per heavy atom. The number of benzene rings is 1. The highest BCUT2D eigenvalue weighted by Gasteiger charge is 2.05. The van der Waals surface area contributed by atoms with E-state index < -0.39 is 5.97 Å². The number of carboxylic acid groups (broad SMARTS) is 1. The fourth-order valence-corrected chi connectivity index (χ4v) is 2.98. The summed E-state index contributed by atoms with van der Waals surface area (Å²) in [6.07, 6.45) is 1.05. The van der Waals surface area contributed by atoms with Gasteiger partial charge in [0.2, 0.25) is 5.91 Å². The lowest BCUT2D eigenvalue weighted by Crippen LogP contribution is -2.22. The van der Waals surface area contributed by atoms with Gasteiger partial charge in [0.15, 0.2) is 6.61 Å². The molecule has 0 fully saturated rings. The van der Waals surface area contributed by atoms with Crippen molar-refractivity contribution in [1.82, 2.24) is 5.32 Å². The van der Waals surface area contributed by atoms with Crippen LogP contribution in [0.5, 0.6) is 5.75 Å². The van der Waals surface area contributed by atoms with Gasteiger partial charge >= 0.3 is 5.97 Å². The van der Waals surface area contributed by atoms with Gasteiger partial charge in [-0.15, -0.1) is 11.3 Å². The Balaban J connectivity index is 1.77. The van der Waals surface area contributed by atoms with Crippen molar-refractivity contribution in [3.63, 3.8) is 0 Å². The summed E-state index contributed by atoms with van der Waals surface area (Å²) in [7, 11) is 0. The van der Waals surface area contributed by atoms with Crippen molar-refractivity contribution in [2.75, 3.05) is 6.61 Å². The first-order chi connectivity index (χ1) is 11.0. The van der Waals surface area contributed by atoms with Crippen LogP contribution in [0.15, 0.2) is 35.7 Å². The molecule has 0 spiro atoms. The van der Waals surface area contributed by atoms with E-state index in [1.165, 1.54) is 11.3 Å². The van der Waals surface area contributed by atoms with Crippen LogP contribution >= 0.6 is 22.9 Å². The molecular formula is C16H16ClNO4S. The Morgan fingerprint density at radius 2 is 2.13 bits per heavy atom. The molecule has 7 heteroatoms. The van der Waals surface area contributed by atoms with E-state index in [2.05, 4.69) is 5.32 Å². The van der Waals surface area contributed by atoms with Crippen LogP contribution in [-0.4, -0.2) is 23.6 Å². The molecule has 0 aliphatic carbocycles. The number of hydrogen-bond acceptors (Lipinski definition) is 4. The Labute approximate surface area is 142 Å². The lowest BCUT2D eigenvalue weighted by molar-refractivity contribution is -0.139. The second kappa shape index (κ2) is 8.55. The van der Waals surface area contributed by atoms with Crippen molar-refractivity contribution in [3.05, 3.63) is 51.2 Å². The predicted octanol–water partition coefficient (Wildman–Crippen LogP) is 3.11. The Bertz CT molecular complexity index is 686. The number of hydrogen-bond donors (Lipinski definition) is 2. The summed E-state index contributed by atoms with van der Waals surface area (Å²) in [6, 6.07) is 8.85. The maximum Gasteiger partial charge on any atom is 0.341 e. The minimum absolute atomic E-state index is 0.0496. The number of rotatable bonds is 8. The van der Waals surface area contributed by atoms with E-state index in [1.807, 2.05) is 17.5 Å². The molecule has 2 rings (SSSR count). The number of aliphatic carboxylic acids is 1. The van der Waals surface area contributed by atoms with Crippen molar-refractivity contribution in [2.45, 2.75) is 19.4 Å². The number of ether oxygens (including phenoxy) is 1. The van der Waals surface area contributed by atoms with Gasteiger partial charge in [0, 0.05) is 23.2 Å². The normalized spacial score (nSPS) is 10.3. The molecular weight excluding hydrogens is 338 g/mol. The van der Waals surface area contributed by atoms with E-state index in [1.54, 1.807) is 18.2 Å². The van der Waals surface area contributed by atoms with Crippen LogP contribution in [0.25, 0.3) is 0 Å². The molecule has 0 bridgehead atoms. The molecule has 2 N–H and O–H groups in total. The topological polar surface area (TPSA) is 75.6 Å². The monoisotopic (exact) mass is 353 g/mol. The van der Waals surface area contributed by atoms with Crippen molar-refractivity contribution in [3.8, 4) is 5.75 Å². The smallest absolute Gasteiger partial charge is 0.341 e. The van der Waals surface area contributed by atoms with Crippen LogP contribution in [-0.2, 0) is 22.6 Å². The van der Waals surface area contributed by atoms with Crippen LogP contribution in [0, 0.1) is 0 Å². The van der Waals surface area contributed by atoms with Gasteiger partial charge < -0.3 is 15.2 Å². The zero-order valence-electron chi connectivity index (χ0n) is 12.3. The summed E-state index contributed by atoms with van der Waals surface area (Å²) < 4.78 is 5.10. The average Bonchev–Trinajstić information content (AvgIpc) is 2.95. The molecule has 122 valence electrons. The summed E-state index contributed by atoms with van der Waals surface area (Å²) in [5, 5.41) is 14.0. The Kier molecular flexibility index (Phi) is 6.43. The molecule has 5 nitrogen and oxygen atoms in total. The summed E-state index contributed by atoms with van der Waals surface area (Å²) >= 11 is 7.38. The molecule has 23 heavy (non-hydrogen) atoms. The zero-order chi connectivity index (χ0) is 16.7. The molecule has 1 aromatic carbocycles. The maximum absolute atomic E-state index is 11.8. The predicted molar refractivity (Wildman–Crippen MR) is 89.1 cm³/mol. The molecule has 0 aliphatic rings. The number of carbonyl (C=O) groups excluding carboxylic acids is 1.